The van der Waals surface area contributed by atoms with Gasteiger partial charge in [-0.1, -0.05) is 84.9 Å². The van der Waals surface area contributed by atoms with Crippen molar-refractivity contribution in [1.82, 2.24) is 0 Å². The van der Waals surface area contributed by atoms with Gasteiger partial charge in [-0.15, -0.1) is 0 Å². The smallest absolute Gasteiger partial charge is 0.252 e. The molecule has 4 heterocycles. The average Bonchev–Trinajstić information content (AvgIpc) is 3.57. The van der Waals surface area contributed by atoms with Crippen molar-refractivity contribution in [2.45, 2.75) is 0 Å². The monoisotopic (exact) mass is 600 g/mol. The quantitative estimate of drug-likeness (QED) is 0.185. The van der Waals surface area contributed by atoms with Crippen LogP contribution in [0.25, 0.3) is 33.1 Å². The van der Waals surface area contributed by atoms with Gasteiger partial charge < -0.3 is 19.0 Å². The first-order valence-corrected chi connectivity index (χ1v) is 16.0. The molecule has 0 saturated heterocycles. The van der Waals surface area contributed by atoms with Crippen molar-refractivity contribution in [2.24, 2.45) is 0 Å². The van der Waals surface area contributed by atoms with Crippen LogP contribution in [-0.4, -0.2) is 6.71 Å². The fourth-order valence-electron chi connectivity index (χ4n) is 8.01. The lowest BCUT2D eigenvalue weighted by molar-refractivity contribution is 0.477. The Hall–Kier alpha value is -6.20. The van der Waals surface area contributed by atoms with E-state index in [1.54, 1.807) is 0 Å². The first kappa shape index (κ1) is 25.0. The van der Waals surface area contributed by atoms with E-state index < -0.39 is 0 Å². The summed E-state index contributed by atoms with van der Waals surface area (Å²) in [6.07, 6.45) is 0. The third-order valence-corrected chi connectivity index (χ3v) is 10.0. The molecule has 0 fully saturated rings. The van der Waals surface area contributed by atoms with Crippen LogP contribution in [0.15, 0.2) is 156 Å². The summed E-state index contributed by atoms with van der Waals surface area (Å²) < 4.78 is 12.7. The van der Waals surface area contributed by atoms with Gasteiger partial charge in [-0.25, -0.2) is 0 Å². The van der Waals surface area contributed by atoms with Gasteiger partial charge in [0, 0.05) is 33.7 Å². The molecule has 1 aromatic heterocycles. The molecule has 8 aromatic rings. The normalized spacial score (nSPS) is 13.6. The Morgan fingerprint density at radius 3 is 2.11 bits per heavy atom. The molecule has 47 heavy (non-hydrogen) atoms. The number of anilines is 6. The van der Waals surface area contributed by atoms with Gasteiger partial charge in [-0.05, 0) is 93.9 Å². The number of furan rings is 1. The zero-order valence-electron chi connectivity index (χ0n) is 25.2. The molecule has 0 radical (unpaired) electrons. The molecule has 0 amide bonds. The second-order valence-electron chi connectivity index (χ2n) is 12.5. The van der Waals surface area contributed by atoms with Gasteiger partial charge in [0.05, 0.1) is 11.4 Å². The lowest BCUT2D eigenvalue weighted by Gasteiger charge is -2.45. The Kier molecular flexibility index (Phi) is 4.89. The maximum atomic E-state index is 6.49. The van der Waals surface area contributed by atoms with Crippen LogP contribution in [0, 0.1) is 0 Å². The predicted octanol–water partition coefficient (Wildman–Crippen LogP) is 9.44. The van der Waals surface area contributed by atoms with E-state index in [9.17, 15) is 0 Å². The molecular formula is C42H25BN2O2. The van der Waals surface area contributed by atoms with E-state index in [1.165, 1.54) is 44.2 Å². The molecule has 4 nitrogen and oxygen atoms in total. The summed E-state index contributed by atoms with van der Waals surface area (Å²) in [4.78, 5) is 4.85. The number of benzene rings is 7. The van der Waals surface area contributed by atoms with Crippen molar-refractivity contribution in [3.8, 4) is 22.8 Å². The van der Waals surface area contributed by atoms with Crippen LogP contribution in [0.1, 0.15) is 0 Å². The van der Waals surface area contributed by atoms with Crippen LogP contribution in [0.2, 0.25) is 0 Å². The van der Waals surface area contributed by atoms with Gasteiger partial charge in [0.2, 0.25) is 0 Å². The molecular weight excluding hydrogens is 575 g/mol. The highest BCUT2D eigenvalue weighted by Gasteiger charge is 2.45. The third-order valence-electron chi connectivity index (χ3n) is 10.0. The van der Waals surface area contributed by atoms with Gasteiger partial charge in [-0.2, -0.15) is 0 Å². The summed E-state index contributed by atoms with van der Waals surface area (Å²) in [5.74, 6) is 2.66. The maximum Gasteiger partial charge on any atom is 0.252 e. The molecule has 0 N–H and O–H groups in total. The van der Waals surface area contributed by atoms with Gasteiger partial charge in [0.1, 0.15) is 11.3 Å². The van der Waals surface area contributed by atoms with Crippen molar-refractivity contribution in [1.29, 1.82) is 0 Å². The van der Waals surface area contributed by atoms with Gasteiger partial charge in [0.15, 0.2) is 11.5 Å². The number of fused-ring (bicyclic) bond motifs is 8. The van der Waals surface area contributed by atoms with E-state index in [4.69, 9.17) is 9.15 Å². The molecule has 218 valence electrons. The summed E-state index contributed by atoms with van der Waals surface area (Å²) >= 11 is 0. The molecule has 0 atom stereocenters. The van der Waals surface area contributed by atoms with Crippen molar-refractivity contribution in [3.05, 3.63) is 152 Å². The molecule has 11 rings (SSSR count). The lowest BCUT2D eigenvalue weighted by Crippen LogP contribution is -2.61. The molecule has 0 aliphatic carbocycles. The second-order valence-corrected chi connectivity index (χ2v) is 12.5. The number of hydrogen-bond acceptors (Lipinski definition) is 4. The number of hydrogen-bond donors (Lipinski definition) is 0. The number of rotatable bonds is 2. The van der Waals surface area contributed by atoms with Crippen LogP contribution in [0.4, 0.5) is 34.1 Å². The number of para-hydroxylation sites is 5. The van der Waals surface area contributed by atoms with Crippen molar-refractivity contribution >= 4 is 79.0 Å². The summed E-state index contributed by atoms with van der Waals surface area (Å²) in [6.45, 7) is 0.0838. The van der Waals surface area contributed by atoms with Crippen molar-refractivity contribution in [3.63, 3.8) is 0 Å². The largest absolute Gasteiger partial charge is 0.456 e. The maximum absolute atomic E-state index is 6.49. The van der Waals surface area contributed by atoms with Gasteiger partial charge >= 0.3 is 0 Å². The Bertz CT molecular complexity index is 2570. The number of nitrogens with zero attached hydrogens (tertiary/aromatic N) is 2. The highest BCUT2D eigenvalue weighted by molar-refractivity contribution is 7.00. The molecule has 0 bridgehead atoms. The molecule has 5 heteroatoms. The van der Waals surface area contributed by atoms with Crippen LogP contribution in [0.3, 0.4) is 0 Å². The van der Waals surface area contributed by atoms with Crippen molar-refractivity contribution in [2.75, 3.05) is 9.80 Å². The SMILES string of the molecule is c1ccc2c(c1)Oc1cccc3c1N2c1cccc2c1B3c1ccccc1N2c1ccc2cc(-c3cc4ccccc4o3)ccc2c1. The van der Waals surface area contributed by atoms with E-state index in [2.05, 4.69) is 137 Å². The first-order valence-electron chi connectivity index (χ1n) is 16.0. The van der Waals surface area contributed by atoms with Crippen LogP contribution < -0.4 is 30.9 Å². The van der Waals surface area contributed by atoms with E-state index in [1.807, 2.05) is 24.3 Å². The van der Waals surface area contributed by atoms with Gasteiger partial charge in [0.25, 0.3) is 6.71 Å². The first-order chi connectivity index (χ1) is 23.3. The average molecular weight is 600 g/mol. The predicted molar refractivity (Wildman–Crippen MR) is 193 cm³/mol. The minimum absolute atomic E-state index is 0.0838. The topological polar surface area (TPSA) is 28.9 Å². The van der Waals surface area contributed by atoms with E-state index in [0.717, 1.165) is 50.9 Å². The van der Waals surface area contributed by atoms with Crippen molar-refractivity contribution < 1.29 is 9.15 Å². The number of ether oxygens (including phenoxy) is 1. The summed E-state index contributed by atoms with van der Waals surface area (Å²) in [6, 6.07) is 54.1. The third kappa shape index (κ3) is 3.43. The fraction of sp³-hybridized carbons (Fsp3) is 0. The molecule has 3 aliphatic heterocycles. The molecule has 0 unspecified atom stereocenters. The van der Waals surface area contributed by atoms with E-state index in [-0.39, 0.29) is 6.71 Å². The zero-order chi connectivity index (χ0) is 30.6. The second kappa shape index (κ2) is 9.18. The van der Waals surface area contributed by atoms with E-state index >= 15 is 0 Å². The fourth-order valence-corrected chi connectivity index (χ4v) is 8.01. The van der Waals surface area contributed by atoms with Crippen LogP contribution in [-0.2, 0) is 0 Å². The Balaban J connectivity index is 1.10. The summed E-state index contributed by atoms with van der Waals surface area (Å²) in [5.41, 5.74) is 12.8. The van der Waals surface area contributed by atoms with Gasteiger partial charge in [-0.3, -0.25) is 0 Å². The Morgan fingerprint density at radius 1 is 0.468 bits per heavy atom. The Morgan fingerprint density at radius 2 is 1.17 bits per heavy atom. The molecule has 0 spiro atoms. The molecule has 0 saturated carbocycles. The van der Waals surface area contributed by atoms with Crippen LogP contribution >= 0.6 is 0 Å². The summed E-state index contributed by atoms with van der Waals surface area (Å²) in [5, 5.41) is 3.48. The zero-order valence-corrected chi connectivity index (χ0v) is 25.2. The highest BCUT2D eigenvalue weighted by Crippen LogP contribution is 2.52. The lowest BCUT2D eigenvalue weighted by atomic mass is 9.33. The molecule has 7 aromatic carbocycles. The minimum atomic E-state index is 0.0838. The van der Waals surface area contributed by atoms with E-state index in [0.29, 0.717) is 0 Å². The summed E-state index contributed by atoms with van der Waals surface area (Å²) in [7, 11) is 0. The minimum Gasteiger partial charge on any atom is -0.456 e. The molecule has 3 aliphatic rings. The van der Waals surface area contributed by atoms with Crippen LogP contribution in [0.5, 0.6) is 11.5 Å². The highest BCUT2D eigenvalue weighted by atomic mass is 16.5. The standard InChI is InChI=1S/C42H25BN2O2/c1-5-16-37-28(9-1)25-40(46-37)29-20-19-27-24-30(22-21-26(27)23-29)44-33-12-3-2-10-31(33)43-32-11-7-18-39-42(32)45(34-13-4-6-17-38(34)47-39)36-15-8-14-35(44)41(36)43/h1-25H. The Labute approximate surface area is 271 Å².